The number of likely N-dealkylation sites (tertiary alicyclic amines) is 1. The maximum absolute atomic E-state index is 12.4. The first kappa shape index (κ1) is 10.1. The van der Waals surface area contributed by atoms with E-state index in [0.29, 0.717) is 12.1 Å². The minimum Gasteiger partial charge on any atom is -0.333 e. The molecule has 2 unspecified atom stereocenters. The van der Waals surface area contributed by atoms with Crippen LogP contribution in [0.2, 0.25) is 0 Å². The predicted molar refractivity (Wildman–Crippen MR) is 58.4 cm³/mol. The maximum atomic E-state index is 12.4. The van der Waals surface area contributed by atoms with Crippen molar-refractivity contribution in [2.24, 2.45) is 5.41 Å². The number of rotatable bonds is 1. The number of likely N-dealkylation sites (N-methyl/N-ethyl adjacent to an activating group) is 1. The Morgan fingerprint density at radius 3 is 2.31 bits per heavy atom. The van der Waals surface area contributed by atoms with Crippen LogP contribution in [0, 0.1) is 16.7 Å². The molecule has 2 aliphatic heterocycles. The van der Waals surface area contributed by atoms with Gasteiger partial charge in [0.2, 0.25) is 5.91 Å². The number of amides is 1. The van der Waals surface area contributed by atoms with Crippen molar-refractivity contribution in [2.45, 2.75) is 37.8 Å². The van der Waals surface area contributed by atoms with E-state index in [1.165, 1.54) is 0 Å². The number of hydrogen-bond acceptors (Lipinski definition) is 3. The molecule has 0 radical (unpaired) electrons. The highest BCUT2D eigenvalue weighted by Gasteiger charge is 2.56. The molecule has 0 N–H and O–H groups in total. The van der Waals surface area contributed by atoms with Crippen molar-refractivity contribution in [1.29, 1.82) is 5.26 Å². The van der Waals surface area contributed by atoms with Crippen LogP contribution in [0.1, 0.15) is 25.7 Å². The molecule has 1 amide bonds. The van der Waals surface area contributed by atoms with Crippen LogP contribution in [0.15, 0.2) is 0 Å². The Morgan fingerprint density at radius 2 is 1.88 bits per heavy atom. The normalized spacial score (nSPS) is 35.9. The van der Waals surface area contributed by atoms with Gasteiger partial charge in [0, 0.05) is 25.2 Å². The number of carbonyl (C=O) groups excluding carboxylic acids is 1. The summed E-state index contributed by atoms with van der Waals surface area (Å²) in [5.74, 6) is 0.121. The van der Waals surface area contributed by atoms with Crippen molar-refractivity contribution in [3.05, 3.63) is 0 Å². The van der Waals surface area contributed by atoms with E-state index in [4.69, 9.17) is 5.26 Å². The van der Waals surface area contributed by atoms with Crippen LogP contribution in [-0.2, 0) is 4.79 Å². The first-order valence-corrected chi connectivity index (χ1v) is 6.09. The van der Waals surface area contributed by atoms with E-state index in [1.54, 1.807) is 0 Å². The minimum atomic E-state index is -0.628. The molecule has 2 atom stereocenters. The first-order chi connectivity index (χ1) is 7.66. The molecule has 0 aromatic carbocycles. The fourth-order valence-corrected chi connectivity index (χ4v) is 3.19. The lowest BCUT2D eigenvalue weighted by molar-refractivity contribution is -0.140. The second-order valence-electron chi connectivity index (χ2n) is 5.51. The summed E-state index contributed by atoms with van der Waals surface area (Å²) in [6.07, 6.45) is 3.77. The first-order valence-electron chi connectivity index (χ1n) is 6.09. The van der Waals surface area contributed by atoms with Gasteiger partial charge in [0.25, 0.3) is 0 Å². The van der Waals surface area contributed by atoms with E-state index >= 15 is 0 Å². The van der Waals surface area contributed by atoms with Gasteiger partial charge >= 0.3 is 0 Å². The molecule has 2 bridgehead atoms. The number of nitriles is 1. The zero-order valence-electron chi connectivity index (χ0n) is 9.65. The Balaban J connectivity index is 1.82. The second-order valence-corrected chi connectivity index (χ2v) is 5.51. The van der Waals surface area contributed by atoms with E-state index in [1.807, 2.05) is 4.90 Å². The van der Waals surface area contributed by atoms with Gasteiger partial charge in [-0.25, -0.2) is 0 Å². The van der Waals surface area contributed by atoms with E-state index in [0.717, 1.165) is 38.8 Å². The monoisotopic (exact) mass is 219 g/mol. The third-order valence-corrected chi connectivity index (χ3v) is 4.27. The van der Waals surface area contributed by atoms with Gasteiger partial charge in [0.15, 0.2) is 0 Å². The fraction of sp³-hybridized carbons (Fsp3) is 0.833. The van der Waals surface area contributed by atoms with Crippen molar-refractivity contribution in [1.82, 2.24) is 9.80 Å². The van der Waals surface area contributed by atoms with Crippen molar-refractivity contribution >= 4 is 5.91 Å². The highest BCUT2D eigenvalue weighted by Crippen LogP contribution is 2.48. The summed E-state index contributed by atoms with van der Waals surface area (Å²) in [5.41, 5.74) is -0.628. The summed E-state index contributed by atoms with van der Waals surface area (Å²) in [7, 11) is 2.12. The van der Waals surface area contributed by atoms with Gasteiger partial charge < -0.3 is 9.80 Å². The zero-order valence-corrected chi connectivity index (χ0v) is 9.65. The summed E-state index contributed by atoms with van der Waals surface area (Å²) < 4.78 is 0. The summed E-state index contributed by atoms with van der Waals surface area (Å²) in [6, 6.07) is 2.95. The Morgan fingerprint density at radius 1 is 1.31 bits per heavy atom. The van der Waals surface area contributed by atoms with Crippen LogP contribution in [0.3, 0.4) is 0 Å². The molecule has 16 heavy (non-hydrogen) atoms. The topological polar surface area (TPSA) is 47.3 Å². The number of fused-ring (bicyclic) bond motifs is 2. The van der Waals surface area contributed by atoms with Crippen molar-refractivity contribution in [2.75, 3.05) is 20.1 Å². The predicted octanol–water partition coefficient (Wildman–Crippen LogP) is 0.595. The average Bonchev–Trinajstić information content (AvgIpc) is 3.00. The van der Waals surface area contributed by atoms with E-state index < -0.39 is 5.41 Å². The molecule has 3 aliphatic rings. The summed E-state index contributed by atoms with van der Waals surface area (Å²) in [5, 5.41) is 9.09. The lowest BCUT2D eigenvalue weighted by Crippen LogP contribution is -2.56. The molecule has 2 heterocycles. The Bertz CT molecular complexity index is 355. The average molecular weight is 219 g/mol. The highest BCUT2D eigenvalue weighted by atomic mass is 16.2. The molecule has 0 spiro atoms. The van der Waals surface area contributed by atoms with Crippen LogP contribution < -0.4 is 0 Å². The second kappa shape index (κ2) is 3.21. The molecule has 0 aromatic heterocycles. The number of piperazine rings is 1. The highest BCUT2D eigenvalue weighted by molar-refractivity contribution is 5.89. The molecule has 1 aliphatic carbocycles. The SMILES string of the molecule is CN1CC2CCC(C1)N2C(=O)C1(C#N)CC1. The number of nitrogens with zero attached hydrogens (tertiary/aromatic N) is 3. The Hall–Kier alpha value is -1.08. The molecule has 0 aromatic rings. The lowest BCUT2D eigenvalue weighted by atomic mass is 10.0. The summed E-state index contributed by atoms with van der Waals surface area (Å²) in [4.78, 5) is 16.7. The van der Waals surface area contributed by atoms with Crippen molar-refractivity contribution in [3.63, 3.8) is 0 Å². The van der Waals surface area contributed by atoms with E-state index in [9.17, 15) is 4.79 Å². The van der Waals surface area contributed by atoms with E-state index in [-0.39, 0.29) is 5.91 Å². The number of carbonyl (C=O) groups is 1. The molecule has 4 nitrogen and oxygen atoms in total. The third kappa shape index (κ3) is 1.28. The summed E-state index contributed by atoms with van der Waals surface area (Å²) in [6.45, 7) is 1.95. The van der Waals surface area contributed by atoms with Crippen LogP contribution in [0.4, 0.5) is 0 Å². The molecule has 3 fully saturated rings. The van der Waals surface area contributed by atoms with Gasteiger partial charge in [-0.2, -0.15) is 5.26 Å². The lowest BCUT2D eigenvalue weighted by Gasteiger charge is -2.40. The summed E-state index contributed by atoms with van der Waals surface area (Å²) >= 11 is 0. The van der Waals surface area contributed by atoms with Gasteiger partial charge in [-0.1, -0.05) is 0 Å². The van der Waals surface area contributed by atoms with Gasteiger partial charge in [-0.05, 0) is 32.7 Å². The molecular weight excluding hydrogens is 202 g/mol. The van der Waals surface area contributed by atoms with Crippen molar-refractivity contribution in [3.8, 4) is 6.07 Å². The van der Waals surface area contributed by atoms with Gasteiger partial charge in [-0.15, -0.1) is 0 Å². The zero-order chi connectivity index (χ0) is 11.3. The smallest absolute Gasteiger partial charge is 0.243 e. The van der Waals surface area contributed by atoms with E-state index in [2.05, 4.69) is 18.0 Å². The standard InChI is InChI=1S/C12H17N3O/c1-14-6-9-2-3-10(7-14)15(9)11(16)12(8-13)4-5-12/h9-10H,2-7H2,1H3. The van der Waals surface area contributed by atoms with Crippen LogP contribution in [0.25, 0.3) is 0 Å². The van der Waals surface area contributed by atoms with Gasteiger partial charge in [0.1, 0.15) is 5.41 Å². The largest absolute Gasteiger partial charge is 0.333 e. The number of hydrogen-bond donors (Lipinski definition) is 0. The molecule has 3 rings (SSSR count). The van der Waals surface area contributed by atoms with Crippen LogP contribution in [-0.4, -0.2) is 47.9 Å². The van der Waals surface area contributed by atoms with Crippen LogP contribution >= 0.6 is 0 Å². The molecular formula is C12H17N3O. The van der Waals surface area contributed by atoms with Gasteiger partial charge in [-0.3, -0.25) is 4.79 Å². The van der Waals surface area contributed by atoms with Crippen molar-refractivity contribution < 1.29 is 4.79 Å². The minimum absolute atomic E-state index is 0.121. The third-order valence-electron chi connectivity index (χ3n) is 4.27. The molecule has 86 valence electrons. The Kier molecular flexibility index (Phi) is 2.02. The fourth-order valence-electron chi connectivity index (χ4n) is 3.19. The van der Waals surface area contributed by atoms with Crippen LogP contribution in [0.5, 0.6) is 0 Å². The maximum Gasteiger partial charge on any atom is 0.243 e. The molecule has 4 heteroatoms. The van der Waals surface area contributed by atoms with Gasteiger partial charge in [0.05, 0.1) is 6.07 Å². The molecule has 2 saturated heterocycles. The quantitative estimate of drug-likeness (QED) is 0.648. The Labute approximate surface area is 95.8 Å². The molecule has 1 saturated carbocycles.